The summed E-state index contributed by atoms with van der Waals surface area (Å²) in [6, 6.07) is 6.95. The molecule has 0 aliphatic carbocycles. The summed E-state index contributed by atoms with van der Waals surface area (Å²) in [6.45, 7) is 1.23. The summed E-state index contributed by atoms with van der Waals surface area (Å²) >= 11 is 5.85. The number of benzene rings is 1. The second-order valence-corrected chi connectivity index (χ2v) is 6.53. The Hall–Kier alpha value is -2.51. The number of likely N-dealkylation sites (tertiary alicyclic amines) is 1. The number of rotatable bonds is 4. The van der Waals surface area contributed by atoms with E-state index in [9.17, 15) is 9.59 Å². The van der Waals surface area contributed by atoms with Gasteiger partial charge in [-0.15, -0.1) is 0 Å². The molecule has 2 amide bonds. The van der Waals surface area contributed by atoms with Gasteiger partial charge < -0.3 is 15.5 Å². The molecule has 1 atom stereocenters. The maximum Gasteiger partial charge on any atom is 0.276 e. The Labute approximate surface area is 156 Å². The third-order valence-corrected chi connectivity index (χ3v) is 4.59. The van der Waals surface area contributed by atoms with Crippen molar-refractivity contribution in [1.29, 1.82) is 0 Å². The van der Waals surface area contributed by atoms with Gasteiger partial charge in [-0.05, 0) is 44.2 Å². The van der Waals surface area contributed by atoms with Gasteiger partial charge in [0, 0.05) is 42.2 Å². The van der Waals surface area contributed by atoms with Gasteiger partial charge in [-0.2, -0.15) is 0 Å². The summed E-state index contributed by atoms with van der Waals surface area (Å²) in [5.41, 5.74) is 0.645. The van der Waals surface area contributed by atoms with Crippen LogP contribution in [0.5, 0.6) is 0 Å². The molecular formula is C18H20ClN5O2. The summed E-state index contributed by atoms with van der Waals surface area (Å²) in [5, 5.41) is 6.49. The van der Waals surface area contributed by atoms with Crippen molar-refractivity contribution in [1.82, 2.24) is 20.2 Å². The average molecular weight is 374 g/mol. The second kappa shape index (κ2) is 8.25. The number of likely N-dealkylation sites (N-methyl/N-ethyl adjacent to an activating group) is 1. The largest absolute Gasteiger partial charge is 0.336 e. The molecule has 0 saturated carbocycles. The highest BCUT2D eigenvalue weighted by molar-refractivity contribution is 6.30. The number of amides is 2. The van der Waals surface area contributed by atoms with Crippen LogP contribution in [0.4, 0.5) is 5.69 Å². The first-order valence-corrected chi connectivity index (χ1v) is 8.80. The summed E-state index contributed by atoms with van der Waals surface area (Å²) < 4.78 is 0. The van der Waals surface area contributed by atoms with Gasteiger partial charge in [0.1, 0.15) is 0 Å². The topological polar surface area (TPSA) is 87.2 Å². The molecule has 2 aromatic rings. The molecule has 1 aliphatic rings. The van der Waals surface area contributed by atoms with Crippen molar-refractivity contribution < 1.29 is 9.59 Å². The number of hydrogen-bond acceptors (Lipinski definition) is 5. The Morgan fingerprint density at radius 2 is 1.85 bits per heavy atom. The smallest absolute Gasteiger partial charge is 0.276 e. The van der Waals surface area contributed by atoms with E-state index in [-0.39, 0.29) is 23.3 Å². The first kappa shape index (κ1) is 18.3. The standard InChI is InChI=1S/C18H20ClN5O2/c1-20-14-3-2-10-24(11-14)18(26)16-15(21-8-9-22-16)17(25)23-13-6-4-12(19)5-7-13/h4-9,14,20H,2-3,10-11H2,1H3,(H,23,25). The Morgan fingerprint density at radius 1 is 1.15 bits per heavy atom. The Morgan fingerprint density at radius 3 is 2.54 bits per heavy atom. The number of nitrogens with one attached hydrogen (secondary N) is 2. The minimum Gasteiger partial charge on any atom is -0.336 e. The molecular weight excluding hydrogens is 354 g/mol. The number of anilines is 1. The predicted molar refractivity (Wildman–Crippen MR) is 99.4 cm³/mol. The van der Waals surface area contributed by atoms with E-state index in [1.807, 2.05) is 7.05 Å². The van der Waals surface area contributed by atoms with Crippen molar-refractivity contribution in [3.8, 4) is 0 Å². The van der Waals surface area contributed by atoms with Crippen LogP contribution in [-0.2, 0) is 0 Å². The highest BCUT2D eigenvalue weighted by Gasteiger charge is 2.28. The fourth-order valence-corrected chi connectivity index (χ4v) is 3.06. The number of carbonyl (C=O) groups is 2. The van der Waals surface area contributed by atoms with Crippen LogP contribution in [0.3, 0.4) is 0 Å². The van der Waals surface area contributed by atoms with E-state index in [4.69, 9.17) is 11.6 Å². The van der Waals surface area contributed by atoms with Gasteiger partial charge >= 0.3 is 0 Å². The first-order valence-electron chi connectivity index (χ1n) is 8.43. The van der Waals surface area contributed by atoms with Crippen molar-refractivity contribution in [2.75, 3.05) is 25.5 Å². The molecule has 26 heavy (non-hydrogen) atoms. The third-order valence-electron chi connectivity index (χ3n) is 4.33. The minimum atomic E-state index is -0.481. The van der Waals surface area contributed by atoms with Crippen molar-refractivity contribution in [3.63, 3.8) is 0 Å². The molecule has 0 radical (unpaired) electrons. The zero-order valence-electron chi connectivity index (χ0n) is 14.4. The lowest BCUT2D eigenvalue weighted by molar-refractivity contribution is 0.0687. The van der Waals surface area contributed by atoms with Gasteiger partial charge in [0.25, 0.3) is 11.8 Å². The fourth-order valence-electron chi connectivity index (χ4n) is 2.93. The maximum absolute atomic E-state index is 12.9. The average Bonchev–Trinajstić information content (AvgIpc) is 2.69. The molecule has 1 saturated heterocycles. The molecule has 2 heterocycles. The molecule has 1 aromatic carbocycles. The molecule has 1 unspecified atom stereocenters. The van der Waals surface area contributed by atoms with E-state index in [0.717, 1.165) is 12.8 Å². The summed E-state index contributed by atoms with van der Waals surface area (Å²) in [7, 11) is 1.88. The van der Waals surface area contributed by atoms with Gasteiger partial charge in [0.05, 0.1) is 0 Å². The van der Waals surface area contributed by atoms with Gasteiger partial charge in [-0.25, -0.2) is 9.97 Å². The lowest BCUT2D eigenvalue weighted by Crippen LogP contribution is -2.47. The highest BCUT2D eigenvalue weighted by atomic mass is 35.5. The van der Waals surface area contributed by atoms with E-state index in [2.05, 4.69) is 20.6 Å². The van der Waals surface area contributed by atoms with E-state index in [1.165, 1.54) is 12.4 Å². The summed E-state index contributed by atoms with van der Waals surface area (Å²) in [5.74, 6) is -0.759. The second-order valence-electron chi connectivity index (χ2n) is 6.09. The van der Waals surface area contributed by atoms with E-state index in [1.54, 1.807) is 29.2 Å². The van der Waals surface area contributed by atoms with Crippen molar-refractivity contribution in [2.45, 2.75) is 18.9 Å². The number of hydrogen-bond donors (Lipinski definition) is 2. The van der Waals surface area contributed by atoms with Gasteiger partial charge in [0.2, 0.25) is 0 Å². The molecule has 1 aromatic heterocycles. The highest BCUT2D eigenvalue weighted by Crippen LogP contribution is 2.17. The quantitative estimate of drug-likeness (QED) is 0.858. The molecule has 1 fully saturated rings. The lowest BCUT2D eigenvalue weighted by Gasteiger charge is -2.32. The number of aromatic nitrogens is 2. The molecule has 1 aliphatic heterocycles. The molecule has 3 rings (SSSR count). The number of nitrogens with zero attached hydrogens (tertiary/aromatic N) is 3. The van der Waals surface area contributed by atoms with Gasteiger partial charge in [0.15, 0.2) is 11.4 Å². The fraction of sp³-hybridized carbons (Fsp3) is 0.333. The Bertz CT molecular complexity index is 796. The molecule has 0 spiro atoms. The van der Waals surface area contributed by atoms with E-state index >= 15 is 0 Å². The van der Waals surface area contributed by atoms with Crippen LogP contribution in [0, 0.1) is 0 Å². The van der Waals surface area contributed by atoms with Crippen LogP contribution in [0.1, 0.15) is 33.8 Å². The molecule has 8 heteroatoms. The van der Waals surface area contributed by atoms with Gasteiger partial charge in [-0.1, -0.05) is 11.6 Å². The monoisotopic (exact) mass is 373 g/mol. The molecule has 136 valence electrons. The van der Waals surface area contributed by atoms with E-state index < -0.39 is 5.91 Å². The van der Waals surface area contributed by atoms with Crippen LogP contribution in [0.2, 0.25) is 5.02 Å². The lowest BCUT2D eigenvalue weighted by atomic mass is 10.1. The maximum atomic E-state index is 12.9. The summed E-state index contributed by atoms with van der Waals surface area (Å²) in [6.07, 6.45) is 4.75. The van der Waals surface area contributed by atoms with Crippen molar-refractivity contribution >= 4 is 29.1 Å². The normalized spacial score (nSPS) is 17.0. The van der Waals surface area contributed by atoms with Gasteiger partial charge in [-0.3, -0.25) is 9.59 Å². The number of carbonyl (C=O) groups excluding carboxylic acids is 2. The number of halogens is 1. The number of piperidine rings is 1. The third kappa shape index (κ3) is 4.17. The molecule has 7 nitrogen and oxygen atoms in total. The van der Waals surface area contributed by atoms with Crippen LogP contribution >= 0.6 is 11.6 Å². The first-order chi connectivity index (χ1) is 12.6. The van der Waals surface area contributed by atoms with E-state index in [0.29, 0.717) is 23.8 Å². The predicted octanol–water partition coefficient (Wildman–Crippen LogP) is 2.21. The molecule has 2 N–H and O–H groups in total. The zero-order valence-corrected chi connectivity index (χ0v) is 15.2. The zero-order chi connectivity index (χ0) is 18.5. The molecule has 0 bridgehead atoms. The Kier molecular flexibility index (Phi) is 5.80. The SMILES string of the molecule is CNC1CCCN(C(=O)c2nccnc2C(=O)Nc2ccc(Cl)cc2)C1. The van der Waals surface area contributed by atoms with Crippen molar-refractivity contribution in [3.05, 3.63) is 53.1 Å². The van der Waals surface area contributed by atoms with Crippen LogP contribution in [-0.4, -0.2) is 52.9 Å². The van der Waals surface area contributed by atoms with Crippen LogP contribution in [0.25, 0.3) is 0 Å². The summed E-state index contributed by atoms with van der Waals surface area (Å²) in [4.78, 5) is 35.4. The minimum absolute atomic E-state index is 0.0130. The van der Waals surface area contributed by atoms with Crippen LogP contribution < -0.4 is 10.6 Å². The van der Waals surface area contributed by atoms with Crippen molar-refractivity contribution in [2.24, 2.45) is 0 Å². The van der Waals surface area contributed by atoms with Crippen LogP contribution in [0.15, 0.2) is 36.7 Å². The Balaban J connectivity index is 1.80.